The van der Waals surface area contributed by atoms with E-state index >= 15 is 0 Å². The van der Waals surface area contributed by atoms with E-state index in [1.807, 2.05) is 17.9 Å². The molecule has 0 spiro atoms. The van der Waals surface area contributed by atoms with Crippen molar-refractivity contribution in [3.8, 4) is 11.5 Å². The van der Waals surface area contributed by atoms with Crippen LogP contribution in [-0.4, -0.2) is 95.1 Å². The van der Waals surface area contributed by atoms with Crippen molar-refractivity contribution in [2.75, 3.05) is 57.4 Å². The lowest BCUT2D eigenvalue weighted by Crippen LogP contribution is -2.50. The van der Waals surface area contributed by atoms with E-state index < -0.39 is 30.0 Å². The molecular formula is C32H35F3N6O6S. The Hall–Kier alpha value is -4.44. The smallest absolute Gasteiger partial charge is 0.412 e. The number of carbonyl (C=O) groups is 2. The maximum absolute atomic E-state index is 14.2. The van der Waals surface area contributed by atoms with Crippen LogP contribution in [0.2, 0.25) is 0 Å². The first-order valence-corrected chi connectivity index (χ1v) is 16.5. The average molecular weight is 689 g/mol. The summed E-state index contributed by atoms with van der Waals surface area (Å²) in [5.41, 5.74) is 1.55. The second kappa shape index (κ2) is 13.6. The zero-order chi connectivity index (χ0) is 34.2. The highest BCUT2D eigenvalue weighted by Crippen LogP contribution is 2.35. The molecule has 6 heterocycles. The van der Waals surface area contributed by atoms with Gasteiger partial charge in [0.1, 0.15) is 27.7 Å². The summed E-state index contributed by atoms with van der Waals surface area (Å²) in [5.74, 6) is -0.668. The SMILES string of the molecule is C=C(CCNC(=O)Cn1c(CC)c(N2CCN(C(=O)c3ncc4c(c3O)CCO4)CC2)c(=O)c2sc(C3=CCOCC3)nc21)C(F)(F)F. The fraction of sp³-hybridized carbons (Fsp3) is 0.469. The number of alkyl halides is 3. The first kappa shape index (κ1) is 33.5. The summed E-state index contributed by atoms with van der Waals surface area (Å²) in [6.07, 6.45) is -0.185. The van der Waals surface area contributed by atoms with E-state index in [-0.39, 0.29) is 43.1 Å². The molecule has 3 aliphatic rings. The van der Waals surface area contributed by atoms with Crippen LogP contribution in [0.5, 0.6) is 11.5 Å². The van der Waals surface area contributed by atoms with Crippen molar-refractivity contribution in [3.63, 3.8) is 0 Å². The number of piperazine rings is 1. The average Bonchev–Trinajstić information content (AvgIpc) is 3.75. The van der Waals surface area contributed by atoms with Crippen molar-refractivity contribution in [2.24, 2.45) is 0 Å². The molecule has 0 radical (unpaired) electrons. The van der Waals surface area contributed by atoms with E-state index in [1.165, 1.54) is 17.5 Å². The number of carbonyl (C=O) groups excluding carboxylic acids is 2. The van der Waals surface area contributed by atoms with Crippen LogP contribution >= 0.6 is 11.3 Å². The van der Waals surface area contributed by atoms with Crippen molar-refractivity contribution in [1.29, 1.82) is 0 Å². The Labute approximate surface area is 277 Å². The molecule has 0 unspecified atom stereocenters. The third kappa shape index (κ3) is 6.50. The molecule has 3 aromatic rings. The van der Waals surface area contributed by atoms with Crippen molar-refractivity contribution in [1.82, 2.24) is 24.8 Å². The lowest BCUT2D eigenvalue weighted by molar-refractivity contribution is -0.122. The lowest BCUT2D eigenvalue weighted by Gasteiger charge is -2.37. The van der Waals surface area contributed by atoms with Crippen LogP contribution in [0.25, 0.3) is 15.9 Å². The molecule has 0 bridgehead atoms. The molecule has 0 aliphatic carbocycles. The highest BCUT2D eigenvalue weighted by atomic mass is 32.1. The van der Waals surface area contributed by atoms with Gasteiger partial charge in [-0.1, -0.05) is 19.6 Å². The van der Waals surface area contributed by atoms with Crippen molar-refractivity contribution < 1.29 is 37.3 Å². The largest absolute Gasteiger partial charge is 0.505 e. The van der Waals surface area contributed by atoms with Crippen LogP contribution in [0.4, 0.5) is 18.9 Å². The molecular weight excluding hydrogens is 653 g/mol. The third-order valence-corrected chi connectivity index (χ3v) is 9.84. The molecule has 1 fully saturated rings. The number of hydrogen-bond acceptors (Lipinski definition) is 10. The number of rotatable bonds is 9. The van der Waals surface area contributed by atoms with Crippen LogP contribution in [0.3, 0.4) is 0 Å². The maximum Gasteiger partial charge on any atom is 0.412 e. The van der Waals surface area contributed by atoms with Gasteiger partial charge in [-0.15, -0.1) is 11.3 Å². The van der Waals surface area contributed by atoms with Crippen molar-refractivity contribution in [2.45, 2.75) is 45.3 Å². The fourth-order valence-electron chi connectivity index (χ4n) is 6.13. The van der Waals surface area contributed by atoms with Gasteiger partial charge < -0.3 is 34.3 Å². The van der Waals surface area contributed by atoms with Gasteiger partial charge >= 0.3 is 6.18 Å². The van der Waals surface area contributed by atoms with E-state index in [4.69, 9.17) is 14.5 Å². The number of hydrogen-bond donors (Lipinski definition) is 2. The standard InChI is InChI=1S/C32H35F3N6O6S/c1-3-21-25(39-9-11-40(12-10-39)31(45)24-26(43)20-7-15-47-22(20)16-37-24)27(44)28-29(38-30(48-28)19-5-13-46-14-6-19)41(21)17-23(42)36-8-4-18(2)32(33,34)35/h5,16,43H,2-4,6-15,17H2,1H3,(H,36,42). The number of anilines is 1. The number of aromatic nitrogens is 3. The molecule has 12 nitrogen and oxygen atoms in total. The molecule has 0 aromatic carbocycles. The summed E-state index contributed by atoms with van der Waals surface area (Å²) in [5, 5.41) is 13.9. The third-order valence-electron chi connectivity index (χ3n) is 8.72. The molecule has 2 amide bonds. The molecule has 256 valence electrons. The van der Waals surface area contributed by atoms with E-state index in [2.05, 4.69) is 16.9 Å². The molecule has 0 atom stereocenters. The summed E-state index contributed by atoms with van der Waals surface area (Å²) in [6, 6.07) is 0. The molecule has 48 heavy (non-hydrogen) atoms. The second-order valence-electron chi connectivity index (χ2n) is 11.7. The quantitative estimate of drug-likeness (QED) is 0.324. The van der Waals surface area contributed by atoms with Crippen LogP contribution < -0.4 is 20.4 Å². The zero-order valence-electron chi connectivity index (χ0n) is 26.3. The van der Waals surface area contributed by atoms with Crippen LogP contribution in [-0.2, 0) is 28.9 Å². The van der Waals surface area contributed by atoms with Crippen molar-refractivity contribution in [3.05, 3.63) is 56.6 Å². The van der Waals surface area contributed by atoms with E-state index in [9.17, 15) is 32.7 Å². The topological polar surface area (TPSA) is 139 Å². The highest BCUT2D eigenvalue weighted by molar-refractivity contribution is 7.19. The Morgan fingerprint density at radius 2 is 1.94 bits per heavy atom. The highest BCUT2D eigenvalue weighted by Gasteiger charge is 2.33. The van der Waals surface area contributed by atoms with Crippen LogP contribution in [0.15, 0.2) is 29.2 Å². The molecule has 16 heteroatoms. The molecule has 1 saturated heterocycles. The van der Waals surface area contributed by atoms with Gasteiger partial charge in [-0.3, -0.25) is 14.4 Å². The summed E-state index contributed by atoms with van der Waals surface area (Å²) in [6.45, 7) is 6.84. The Balaban J connectivity index is 1.29. The van der Waals surface area contributed by atoms with Crippen LogP contribution in [0, 0.1) is 0 Å². The number of ether oxygens (including phenoxy) is 2. The summed E-state index contributed by atoms with van der Waals surface area (Å²) in [7, 11) is 0. The minimum absolute atomic E-state index is 0.0462. The fourth-order valence-corrected chi connectivity index (χ4v) is 7.21. The molecule has 3 aliphatic heterocycles. The lowest BCUT2D eigenvalue weighted by atomic mass is 10.1. The van der Waals surface area contributed by atoms with Gasteiger partial charge in [0.05, 0.1) is 26.0 Å². The first-order valence-electron chi connectivity index (χ1n) is 15.7. The number of aromatic hydroxyl groups is 1. The Morgan fingerprint density at radius 3 is 2.62 bits per heavy atom. The van der Waals surface area contributed by atoms with Gasteiger partial charge in [0.2, 0.25) is 11.3 Å². The van der Waals surface area contributed by atoms with Gasteiger partial charge in [0.15, 0.2) is 17.1 Å². The number of nitrogens with zero attached hydrogens (tertiary/aromatic N) is 5. The predicted octanol–water partition coefficient (Wildman–Crippen LogP) is 3.45. The number of thiazole rings is 1. The Kier molecular flexibility index (Phi) is 9.47. The minimum Gasteiger partial charge on any atom is -0.505 e. The minimum atomic E-state index is -4.54. The van der Waals surface area contributed by atoms with Gasteiger partial charge in [-0.05, 0) is 24.8 Å². The second-order valence-corrected chi connectivity index (χ2v) is 12.7. The number of amides is 2. The summed E-state index contributed by atoms with van der Waals surface area (Å²) >= 11 is 1.23. The normalized spacial score (nSPS) is 16.5. The number of fused-ring (bicyclic) bond motifs is 2. The van der Waals surface area contributed by atoms with Gasteiger partial charge in [0.25, 0.3) is 5.91 Å². The first-order chi connectivity index (χ1) is 23.0. The monoisotopic (exact) mass is 688 g/mol. The molecule has 3 aromatic heterocycles. The number of pyridine rings is 2. The Morgan fingerprint density at radius 1 is 1.17 bits per heavy atom. The predicted molar refractivity (Wildman–Crippen MR) is 173 cm³/mol. The van der Waals surface area contributed by atoms with E-state index in [0.29, 0.717) is 90.2 Å². The van der Waals surface area contributed by atoms with Crippen molar-refractivity contribution >= 4 is 44.8 Å². The number of nitrogens with one attached hydrogen (secondary N) is 1. The molecule has 6 rings (SSSR count). The van der Waals surface area contributed by atoms with E-state index in [0.717, 1.165) is 5.57 Å². The molecule has 0 saturated carbocycles. The summed E-state index contributed by atoms with van der Waals surface area (Å²) in [4.78, 5) is 53.1. The zero-order valence-corrected chi connectivity index (χ0v) is 27.1. The maximum atomic E-state index is 14.2. The summed E-state index contributed by atoms with van der Waals surface area (Å²) < 4.78 is 51.6. The van der Waals surface area contributed by atoms with Gasteiger partial charge in [-0.2, -0.15) is 13.2 Å². The Bertz CT molecular complexity index is 1860. The number of halogens is 3. The van der Waals surface area contributed by atoms with Gasteiger partial charge in [-0.25, -0.2) is 9.97 Å². The van der Waals surface area contributed by atoms with Crippen LogP contribution in [0.1, 0.15) is 46.5 Å². The van der Waals surface area contributed by atoms with Gasteiger partial charge in [0, 0.05) is 56.0 Å². The van der Waals surface area contributed by atoms with E-state index in [1.54, 1.807) is 9.47 Å². The molecule has 2 N–H and O–H groups in total.